The molecule has 2 heterocycles. The summed E-state index contributed by atoms with van der Waals surface area (Å²) in [6, 6.07) is 52.4. The van der Waals surface area contributed by atoms with E-state index in [1.165, 1.54) is 27.1 Å². The van der Waals surface area contributed by atoms with Crippen LogP contribution in [0.2, 0.25) is 0 Å². The monoisotopic (exact) mass is 575 g/mol. The van der Waals surface area contributed by atoms with Crippen molar-refractivity contribution in [1.29, 1.82) is 0 Å². The third kappa shape index (κ3) is 4.35. The van der Waals surface area contributed by atoms with Crippen LogP contribution in [0.15, 0.2) is 156 Å². The zero-order chi connectivity index (χ0) is 29.7. The molecule has 9 aromatic rings. The average molecular weight is 576 g/mol. The molecular weight excluding hydrogens is 550 g/mol. The second kappa shape index (κ2) is 10.2. The van der Waals surface area contributed by atoms with Gasteiger partial charge in [-0.25, -0.2) is 15.0 Å². The first-order valence-electron chi connectivity index (χ1n) is 15.0. The lowest BCUT2D eigenvalue weighted by Gasteiger charge is -2.10. The van der Waals surface area contributed by atoms with Crippen LogP contribution in [0.1, 0.15) is 0 Å². The Kier molecular flexibility index (Phi) is 5.78. The van der Waals surface area contributed by atoms with Crippen molar-refractivity contribution in [3.8, 4) is 45.3 Å². The van der Waals surface area contributed by atoms with Gasteiger partial charge in [-0.2, -0.15) is 0 Å². The average Bonchev–Trinajstić information content (AvgIpc) is 3.51. The van der Waals surface area contributed by atoms with Gasteiger partial charge in [0, 0.05) is 21.9 Å². The number of benzene rings is 7. The van der Waals surface area contributed by atoms with Crippen molar-refractivity contribution in [2.45, 2.75) is 0 Å². The Labute approximate surface area is 259 Å². The molecular formula is C41H25N3O. The minimum atomic E-state index is 0.578. The van der Waals surface area contributed by atoms with E-state index in [0.29, 0.717) is 17.5 Å². The van der Waals surface area contributed by atoms with Crippen molar-refractivity contribution >= 4 is 43.5 Å². The van der Waals surface area contributed by atoms with Crippen LogP contribution in [0.3, 0.4) is 0 Å². The van der Waals surface area contributed by atoms with Crippen molar-refractivity contribution < 1.29 is 4.42 Å². The van der Waals surface area contributed by atoms with E-state index < -0.39 is 0 Å². The van der Waals surface area contributed by atoms with E-state index in [1.54, 1.807) is 0 Å². The first-order chi connectivity index (χ1) is 22.3. The van der Waals surface area contributed by atoms with E-state index >= 15 is 0 Å². The third-order valence-corrected chi connectivity index (χ3v) is 8.53. The van der Waals surface area contributed by atoms with Crippen LogP contribution in [-0.2, 0) is 0 Å². The Bertz CT molecular complexity index is 2530. The fourth-order valence-corrected chi connectivity index (χ4v) is 6.27. The normalized spacial score (nSPS) is 11.6. The number of para-hydroxylation sites is 2. The van der Waals surface area contributed by atoms with Crippen molar-refractivity contribution in [2.75, 3.05) is 0 Å². The number of aromatic nitrogens is 3. The summed E-state index contributed by atoms with van der Waals surface area (Å²) in [5.41, 5.74) is 6.61. The van der Waals surface area contributed by atoms with Gasteiger partial charge in [-0.1, -0.05) is 133 Å². The molecule has 0 saturated heterocycles. The topological polar surface area (TPSA) is 51.8 Å². The summed E-state index contributed by atoms with van der Waals surface area (Å²) in [6.07, 6.45) is 0. The molecule has 9 rings (SSSR count). The molecule has 0 unspecified atom stereocenters. The van der Waals surface area contributed by atoms with Gasteiger partial charge in [0.2, 0.25) is 0 Å². The summed E-state index contributed by atoms with van der Waals surface area (Å²) in [7, 11) is 0. The van der Waals surface area contributed by atoms with Gasteiger partial charge in [0.25, 0.3) is 0 Å². The van der Waals surface area contributed by atoms with Crippen LogP contribution in [-0.4, -0.2) is 15.0 Å². The van der Waals surface area contributed by atoms with Gasteiger partial charge in [0.1, 0.15) is 11.2 Å². The third-order valence-electron chi connectivity index (χ3n) is 8.53. The second-order valence-corrected chi connectivity index (χ2v) is 11.3. The van der Waals surface area contributed by atoms with Gasteiger partial charge in [-0.05, 0) is 50.9 Å². The van der Waals surface area contributed by atoms with Gasteiger partial charge in [-0.3, -0.25) is 0 Å². The Morgan fingerprint density at radius 1 is 0.356 bits per heavy atom. The molecule has 0 atom stereocenters. The highest BCUT2D eigenvalue weighted by molar-refractivity contribution is 6.09. The Balaban J connectivity index is 1.15. The Hall–Kier alpha value is -6.13. The molecule has 0 aliphatic carbocycles. The van der Waals surface area contributed by atoms with Crippen molar-refractivity contribution in [1.82, 2.24) is 15.0 Å². The highest BCUT2D eigenvalue weighted by Crippen LogP contribution is 2.36. The molecule has 0 saturated carbocycles. The molecule has 45 heavy (non-hydrogen) atoms. The molecule has 0 amide bonds. The number of rotatable bonds is 4. The van der Waals surface area contributed by atoms with E-state index in [0.717, 1.165) is 44.2 Å². The van der Waals surface area contributed by atoms with Crippen LogP contribution in [0, 0.1) is 0 Å². The van der Waals surface area contributed by atoms with E-state index in [2.05, 4.69) is 91.0 Å². The first-order valence-corrected chi connectivity index (χ1v) is 15.0. The van der Waals surface area contributed by atoms with Crippen LogP contribution in [0.5, 0.6) is 0 Å². The summed E-state index contributed by atoms with van der Waals surface area (Å²) >= 11 is 0. The van der Waals surface area contributed by atoms with Crippen molar-refractivity contribution in [3.05, 3.63) is 152 Å². The SMILES string of the molecule is c1ccc(-c2nc(-c3ccc(-c4ccc5c(ccc6ccccc65)c4)cc3)nc(-c3cccc4c3oc3ccccc34)n2)cc1. The highest BCUT2D eigenvalue weighted by Gasteiger charge is 2.17. The molecule has 210 valence electrons. The molecule has 0 radical (unpaired) electrons. The largest absolute Gasteiger partial charge is 0.455 e. The maximum atomic E-state index is 6.35. The zero-order valence-electron chi connectivity index (χ0n) is 24.2. The first kappa shape index (κ1) is 25.4. The lowest BCUT2D eigenvalue weighted by Crippen LogP contribution is -2.00. The number of hydrogen-bond donors (Lipinski definition) is 0. The molecule has 4 nitrogen and oxygen atoms in total. The number of fused-ring (bicyclic) bond motifs is 6. The molecule has 0 aliphatic rings. The number of hydrogen-bond acceptors (Lipinski definition) is 4. The quantitative estimate of drug-likeness (QED) is 0.196. The predicted octanol–water partition coefficient (Wildman–Crippen LogP) is 10.7. The minimum absolute atomic E-state index is 0.578. The van der Waals surface area contributed by atoms with Gasteiger partial charge >= 0.3 is 0 Å². The summed E-state index contributed by atoms with van der Waals surface area (Å²) in [5.74, 6) is 1.81. The summed E-state index contributed by atoms with van der Waals surface area (Å²) in [5, 5.41) is 7.13. The molecule has 7 aromatic carbocycles. The van der Waals surface area contributed by atoms with Crippen molar-refractivity contribution in [2.24, 2.45) is 0 Å². The van der Waals surface area contributed by atoms with Gasteiger partial charge < -0.3 is 4.42 Å². The van der Waals surface area contributed by atoms with E-state index in [1.807, 2.05) is 60.7 Å². The highest BCUT2D eigenvalue weighted by atomic mass is 16.3. The van der Waals surface area contributed by atoms with Crippen LogP contribution < -0.4 is 0 Å². The maximum Gasteiger partial charge on any atom is 0.167 e. The van der Waals surface area contributed by atoms with E-state index in [4.69, 9.17) is 19.4 Å². The molecule has 0 bridgehead atoms. The van der Waals surface area contributed by atoms with E-state index in [-0.39, 0.29) is 0 Å². The molecule has 0 spiro atoms. The minimum Gasteiger partial charge on any atom is -0.455 e. The van der Waals surface area contributed by atoms with Crippen LogP contribution in [0.4, 0.5) is 0 Å². The van der Waals surface area contributed by atoms with Crippen molar-refractivity contribution in [3.63, 3.8) is 0 Å². The fraction of sp³-hybridized carbons (Fsp3) is 0. The summed E-state index contributed by atoms with van der Waals surface area (Å²) in [4.78, 5) is 14.9. The molecule has 0 aliphatic heterocycles. The predicted molar refractivity (Wildman–Crippen MR) is 184 cm³/mol. The molecule has 2 aromatic heterocycles. The molecule has 0 fully saturated rings. The molecule has 4 heteroatoms. The molecule has 0 N–H and O–H groups in total. The van der Waals surface area contributed by atoms with Gasteiger partial charge in [0.15, 0.2) is 17.5 Å². The Morgan fingerprint density at radius 3 is 1.80 bits per heavy atom. The Morgan fingerprint density at radius 2 is 0.956 bits per heavy atom. The fourth-order valence-electron chi connectivity index (χ4n) is 6.27. The smallest absolute Gasteiger partial charge is 0.167 e. The number of furan rings is 1. The van der Waals surface area contributed by atoms with Gasteiger partial charge in [-0.15, -0.1) is 0 Å². The summed E-state index contributed by atoms with van der Waals surface area (Å²) in [6.45, 7) is 0. The second-order valence-electron chi connectivity index (χ2n) is 11.3. The van der Waals surface area contributed by atoms with Gasteiger partial charge in [0.05, 0.1) is 5.56 Å². The number of nitrogens with zero attached hydrogens (tertiary/aromatic N) is 3. The zero-order valence-corrected chi connectivity index (χ0v) is 24.2. The standard InChI is InChI=1S/C41H25N3O/c1-2-10-28(11-3-1)39-42-40(44-41(43-39)36-15-8-14-35-34-13-6-7-16-37(34)45-38(35)36)29-20-17-26(18-21-29)30-23-24-33-31(25-30)22-19-27-9-4-5-12-32(27)33/h1-25H. The van der Waals surface area contributed by atoms with Crippen LogP contribution >= 0.6 is 0 Å². The summed E-state index contributed by atoms with van der Waals surface area (Å²) < 4.78 is 6.35. The maximum absolute atomic E-state index is 6.35. The lowest BCUT2D eigenvalue weighted by molar-refractivity contribution is 0.669. The lowest BCUT2D eigenvalue weighted by atomic mass is 9.97. The van der Waals surface area contributed by atoms with Crippen LogP contribution in [0.25, 0.3) is 88.8 Å². The van der Waals surface area contributed by atoms with E-state index in [9.17, 15) is 0 Å².